The smallest absolute Gasteiger partial charge is 0.414 e. The number of hydrogen-bond acceptors (Lipinski definition) is 3. The van der Waals surface area contributed by atoms with Crippen LogP contribution in [-0.2, 0) is 6.42 Å². The molecule has 0 aliphatic rings. The predicted octanol–water partition coefficient (Wildman–Crippen LogP) is 2.04. The Morgan fingerprint density at radius 1 is 1.44 bits per heavy atom. The van der Waals surface area contributed by atoms with E-state index in [0.29, 0.717) is 16.8 Å². The molecular formula is C11H11F3N2O2. The zero-order valence-corrected chi connectivity index (χ0v) is 9.45. The number of alkyl halides is 3. The van der Waals surface area contributed by atoms with Gasteiger partial charge >= 0.3 is 6.18 Å². The number of halogens is 3. The fourth-order valence-electron chi connectivity index (χ4n) is 1.56. The first-order valence-electron chi connectivity index (χ1n) is 5.17. The van der Waals surface area contributed by atoms with Crippen LogP contribution in [0.4, 0.5) is 13.2 Å². The van der Waals surface area contributed by atoms with Crippen LogP contribution in [0, 0.1) is 0 Å². The van der Waals surface area contributed by atoms with Crippen LogP contribution in [0.5, 0.6) is 5.75 Å². The van der Waals surface area contributed by atoms with Crippen molar-refractivity contribution in [1.82, 2.24) is 9.97 Å². The molecule has 2 rings (SSSR count). The van der Waals surface area contributed by atoms with Gasteiger partial charge in [0.05, 0.1) is 18.1 Å². The van der Waals surface area contributed by atoms with E-state index in [4.69, 9.17) is 9.84 Å². The van der Waals surface area contributed by atoms with Crippen LogP contribution in [0.3, 0.4) is 0 Å². The highest BCUT2D eigenvalue weighted by Crippen LogP contribution is 2.24. The monoisotopic (exact) mass is 260 g/mol. The summed E-state index contributed by atoms with van der Waals surface area (Å²) in [6, 6.07) is 4.92. The van der Waals surface area contributed by atoms with Crippen molar-refractivity contribution < 1.29 is 23.0 Å². The number of H-pyrrole nitrogens is 1. The summed E-state index contributed by atoms with van der Waals surface area (Å²) in [4.78, 5) is 6.69. The second kappa shape index (κ2) is 4.49. The van der Waals surface area contributed by atoms with Crippen LogP contribution in [0.1, 0.15) is 5.82 Å². The summed E-state index contributed by atoms with van der Waals surface area (Å²) in [5, 5.41) is 8.96. The number of benzene rings is 1. The predicted molar refractivity (Wildman–Crippen MR) is 58.4 cm³/mol. The van der Waals surface area contributed by atoms with Crippen molar-refractivity contribution in [2.75, 3.05) is 7.11 Å². The molecule has 18 heavy (non-hydrogen) atoms. The van der Waals surface area contributed by atoms with Crippen LogP contribution in [0.15, 0.2) is 18.2 Å². The Labute approximate surface area is 100 Å². The Balaban J connectivity index is 2.25. The van der Waals surface area contributed by atoms with E-state index in [0.717, 1.165) is 0 Å². The molecule has 0 bridgehead atoms. The van der Waals surface area contributed by atoms with Gasteiger partial charge in [-0.3, -0.25) is 0 Å². The second-order valence-electron chi connectivity index (χ2n) is 3.83. The molecule has 98 valence electrons. The van der Waals surface area contributed by atoms with E-state index in [1.54, 1.807) is 18.2 Å². The maximum absolute atomic E-state index is 12.2. The van der Waals surface area contributed by atoms with Crippen molar-refractivity contribution in [2.24, 2.45) is 0 Å². The van der Waals surface area contributed by atoms with Gasteiger partial charge in [0, 0.05) is 12.5 Å². The second-order valence-corrected chi connectivity index (χ2v) is 3.83. The number of ether oxygens (including phenoxy) is 1. The number of rotatable bonds is 3. The highest BCUT2D eigenvalue weighted by molar-refractivity contribution is 5.76. The summed E-state index contributed by atoms with van der Waals surface area (Å²) in [7, 11) is 1.49. The van der Waals surface area contributed by atoms with E-state index < -0.39 is 18.7 Å². The Bertz CT molecular complexity index is 551. The minimum Gasteiger partial charge on any atom is -0.497 e. The van der Waals surface area contributed by atoms with Gasteiger partial charge < -0.3 is 14.8 Å². The average molecular weight is 260 g/mol. The largest absolute Gasteiger partial charge is 0.497 e. The number of methoxy groups -OCH3 is 1. The molecule has 0 aliphatic carbocycles. The molecule has 0 fully saturated rings. The minimum absolute atomic E-state index is 0.0862. The number of aromatic nitrogens is 2. The number of fused-ring (bicyclic) bond motifs is 1. The first kappa shape index (κ1) is 12.7. The van der Waals surface area contributed by atoms with E-state index in [-0.39, 0.29) is 5.82 Å². The summed E-state index contributed by atoms with van der Waals surface area (Å²) in [6.07, 6.45) is -7.66. The van der Waals surface area contributed by atoms with Gasteiger partial charge in [0.1, 0.15) is 11.6 Å². The van der Waals surface area contributed by atoms with E-state index in [9.17, 15) is 13.2 Å². The summed E-state index contributed by atoms with van der Waals surface area (Å²) in [5.74, 6) is 0.664. The molecule has 4 nitrogen and oxygen atoms in total. The van der Waals surface area contributed by atoms with Crippen LogP contribution in [-0.4, -0.2) is 34.5 Å². The molecule has 1 unspecified atom stereocenters. The number of nitrogens with zero attached hydrogens (tertiary/aromatic N) is 1. The van der Waals surface area contributed by atoms with Gasteiger partial charge in [0.2, 0.25) is 0 Å². The van der Waals surface area contributed by atoms with Gasteiger partial charge in [0.25, 0.3) is 0 Å². The van der Waals surface area contributed by atoms with Crippen molar-refractivity contribution >= 4 is 11.0 Å². The van der Waals surface area contributed by atoms with Crippen LogP contribution in [0.25, 0.3) is 11.0 Å². The van der Waals surface area contributed by atoms with Gasteiger partial charge in [0.15, 0.2) is 6.10 Å². The van der Waals surface area contributed by atoms with Crippen molar-refractivity contribution in [2.45, 2.75) is 18.7 Å². The Morgan fingerprint density at radius 2 is 2.17 bits per heavy atom. The SMILES string of the molecule is COc1ccc2nc(CC(O)C(F)(F)F)[nH]c2c1. The molecule has 0 radical (unpaired) electrons. The zero-order chi connectivity index (χ0) is 13.3. The van der Waals surface area contributed by atoms with Crippen molar-refractivity contribution in [1.29, 1.82) is 0 Å². The topological polar surface area (TPSA) is 58.1 Å². The minimum atomic E-state index is -4.64. The molecule has 1 heterocycles. The summed E-state index contributed by atoms with van der Waals surface area (Å²) >= 11 is 0. The fourth-order valence-corrected chi connectivity index (χ4v) is 1.56. The standard InChI is InChI=1S/C11H11F3N2O2/c1-18-6-2-3-7-8(4-6)16-10(15-7)5-9(17)11(12,13)14/h2-4,9,17H,5H2,1H3,(H,15,16). The maximum Gasteiger partial charge on any atom is 0.414 e. The molecule has 0 spiro atoms. The van der Waals surface area contributed by atoms with Gasteiger partial charge in [-0.2, -0.15) is 13.2 Å². The summed E-state index contributed by atoms with van der Waals surface area (Å²) in [5.41, 5.74) is 1.10. The molecular weight excluding hydrogens is 249 g/mol. The van der Waals surface area contributed by atoms with Crippen LogP contribution in [0.2, 0.25) is 0 Å². The number of imidazole rings is 1. The summed E-state index contributed by atoms with van der Waals surface area (Å²) < 4.78 is 41.6. The highest BCUT2D eigenvalue weighted by atomic mass is 19.4. The summed E-state index contributed by atoms with van der Waals surface area (Å²) in [6.45, 7) is 0. The lowest BCUT2D eigenvalue weighted by molar-refractivity contribution is -0.203. The molecule has 2 N–H and O–H groups in total. The normalized spacial score (nSPS) is 13.8. The van der Waals surface area contributed by atoms with Crippen LogP contribution < -0.4 is 4.74 Å². The Morgan fingerprint density at radius 3 is 2.78 bits per heavy atom. The van der Waals surface area contributed by atoms with Gasteiger partial charge in [-0.15, -0.1) is 0 Å². The molecule has 2 aromatic rings. The van der Waals surface area contributed by atoms with E-state index >= 15 is 0 Å². The molecule has 0 saturated carbocycles. The lowest BCUT2D eigenvalue weighted by Crippen LogP contribution is -2.30. The lowest BCUT2D eigenvalue weighted by Gasteiger charge is -2.12. The fraction of sp³-hybridized carbons (Fsp3) is 0.364. The van der Waals surface area contributed by atoms with Gasteiger partial charge in [-0.25, -0.2) is 4.98 Å². The third-order valence-electron chi connectivity index (χ3n) is 2.50. The quantitative estimate of drug-likeness (QED) is 0.887. The Kier molecular flexibility index (Phi) is 3.16. The van der Waals surface area contributed by atoms with E-state index in [1.165, 1.54) is 7.11 Å². The third-order valence-corrected chi connectivity index (χ3v) is 2.50. The van der Waals surface area contributed by atoms with E-state index in [1.807, 2.05) is 0 Å². The first-order valence-corrected chi connectivity index (χ1v) is 5.17. The van der Waals surface area contributed by atoms with E-state index in [2.05, 4.69) is 9.97 Å². The first-order chi connectivity index (χ1) is 8.40. The van der Waals surface area contributed by atoms with Gasteiger partial charge in [-0.1, -0.05) is 0 Å². The van der Waals surface area contributed by atoms with Crippen molar-refractivity contribution in [3.8, 4) is 5.75 Å². The molecule has 0 amide bonds. The average Bonchev–Trinajstić information content (AvgIpc) is 2.68. The Hall–Kier alpha value is -1.76. The molecule has 1 atom stereocenters. The molecule has 0 aliphatic heterocycles. The molecule has 1 aromatic heterocycles. The zero-order valence-electron chi connectivity index (χ0n) is 9.45. The number of aliphatic hydroxyl groups is 1. The number of hydrogen-bond donors (Lipinski definition) is 2. The van der Waals surface area contributed by atoms with Crippen molar-refractivity contribution in [3.63, 3.8) is 0 Å². The molecule has 0 saturated heterocycles. The third kappa shape index (κ3) is 2.56. The lowest BCUT2D eigenvalue weighted by atomic mass is 10.2. The number of nitrogens with one attached hydrogen (secondary N) is 1. The highest BCUT2D eigenvalue weighted by Gasteiger charge is 2.38. The molecule has 1 aromatic carbocycles. The molecule has 7 heteroatoms. The maximum atomic E-state index is 12.2. The number of aromatic amines is 1. The van der Waals surface area contributed by atoms with Crippen molar-refractivity contribution in [3.05, 3.63) is 24.0 Å². The number of aliphatic hydroxyl groups excluding tert-OH is 1. The van der Waals surface area contributed by atoms with Crippen LogP contribution >= 0.6 is 0 Å². The van der Waals surface area contributed by atoms with Gasteiger partial charge in [-0.05, 0) is 12.1 Å².